The molecule has 0 amide bonds. The highest BCUT2D eigenvalue weighted by Crippen LogP contribution is 2.14. The number of unbranched alkanes of at least 4 members (excludes halogenated alkanes) is 20. The zero-order valence-corrected chi connectivity index (χ0v) is 28.8. The number of hydrogen-bond acceptors (Lipinski definition) is 3. The lowest BCUT2D eigenvalue weighted by Gasteiger charge is -2.27. The quantitative estimate of drug-likeness (QED) is 0.0561. The minimum absolute atomic E-state index is 0.451. The molecule has 248 valence electrons. The van der Waals surface area contributed by atoms with E-state index in [0.29, 0.717) is 6.04 Å². The standard InChI is InChI=1S/C39H75NO2/c1-3-5-7-9-11-13-15-17-19-21-23-25-27-31-35-41-37-39(40-33-29-30-34-40)38-42-36-32-28-26-24-22-20-18-16-14-12-10-8-6-4-2/h13-16,39H,3-12,17-38H2,1-2H3/b15-13-,16-14-. The zero-order chi connectivity index (χ0) is 30.0. The van der Waals surface area contributed by atoms with Gasteiger partial charge in [0.2, 0.25) is 0 Å². The summed E-state index contributed by atoms with van der Waals surface area (Å²) in [4.78, 5) is 2.61. The molecular formula is C39H75NO2. The molecule has 42 heavy (non-hydrogen) atoms. The Kier molecular flexibility index (Phi) is 31.2. The summed E-state index contributed by atoms with van der Waals surface area (Å²) in [5.74, 6) is 0. The average molecular weight is 590 g/mol. The first-order valence-corrected chi connectivity index (χ1v) is 19.1. The first kappa shape index (κ1) is 39.4. The highest BCUT2D eigenvalue weighted by molar-refractivity contribution is 4.82. The van der Waals surface area contributed by atoms with Crippen LogP contribution < -0.4 is 0 Å². The van der Waals surface area contributed by atoms with Crippen molar-refractivity contribution in [3.05, 3.63) is 24.3 Å². The second-order valence-electron chi connectivity index (χ2n) is 13.0. The van der Waals surface area contributed by atoms with Crippen molar-refractivity contribution in [1.29, 1.82) is 0 Å². The number of allylic oxidation sites excluding steroid dienone is 4. The van der Waals surface area contributed by atoms with Gasteiger partial charge >= 0.3 is 0 Å². The molecule has 3 heteroatoms. The Bertz CT molecular complexity index is 527. The largest absolute Gasteiger partial charge is 0.380 e. The molecule has 0 aromatic rings. The minimum atomic E-state index is 0.451. The Labute approximate surface area is 264 Å². The van der Waals surface area contributed by atoms with Crippen LogP contribution in [0.5, 0.6) is 0 Å². The van der Waals surface area contributed by atoms with Crippen LogP contribution in [0.15, 0.2) is 24.3 Å². The fourth-order valence-corrected chi connectivity index (χ4v) is 6.00. The number of hydrogen-bond donors (Lipinski definition) is 0. The van der Waals surface area contributed by atoms with Crippen LogP contribution >= 0.6 is 0 Å². The van der Waals surface area contributed by atoms with Gasteiger partial charge in [0, 0.05) is 13.2 Å². The van der Waals surface area contributed by atoms with E-state index in [2.05, 4.69) is 43.1 Å². The number of likely N-dealkylation sites (tertiary alicyclic amines) is 1. The Balaban J connectivity index is 1.92. The van der Waals surface area contributed by atoms with Crippen LogP contribution in [0.25, 0.3) is 0 Å². The lowest BCUT2D eigenvalue weighted by molar-refractivity contribution is 0.0110. The van der Waals surface area contributed by atoms with Gasteiger partial charge in [0.05, 0.1) is 19.3 Å². The fraction of sp³-hybridized carbons (Fsp3) is 0.897. The van der Waals surface area contributed by atoms with Crippen LogP contribution in [0.3, 0.4) is 0 Å². The van der Waals surface area contributed by atoms with E-state index >= 15 is 0 Å². The van der Waals surface area contributed by atoms with Gasteiger partial charge < -0.3 is 9.47 Å². The van der Waals surface area contributed by atoms with Gasteiger partial charge in [-0.2, -0.15) is 0 Å². The van der Waals surface area contributed by atoms with E-state index in [1.54, 1.807) is 0 Å². The molecule has 1 rings (SSSR count). The molecule has 0 N–H and O–H groups in total. The predicted octanol–water partition coefficient (Wildman–Crippen LogP) is 12.0. The zero-order valence-electron chi connectivity index (χ0n) is 28.8. The molecule has 0 bridgehead atoms. The third-order valence-electron chi connectivity index (χ3n) is 8.88. The van der Waals surface area contributed by atoms with E-state index in [9.17, 15) is 0 Å². The maximum Gasteiger partial charge on any atom is 0.0644 e. The van der Waals surface area contributed by atoms with Crippen molar-refractivity contribution in [2.45, 2.75) is 187 Å². The highest BCUT2D eigenvalue weighted by Gasteiger charge is 2.22. The topological polar surface area (TPSA) is 21.7 Å². The molecule has 1 fully saturated rings. The molecule has 0 unspecified atom stereocenters. The first-order valence-electron chi connectivity index (χ1n) is 19.1. The van der Waals surface area contributed by atoms with Crippen LogP contribution in [0, 0.1) is 0 Å². The monoisotopic (exact) mass is 590 g/mol. The highest BCUT2D eigenvalue weighted by atomic mass is 16.5. The summed E-state index contributed by atoms with van der Waals surface area (Å²) in [7, 11) is 0. The van der Waals surface area contributed by atoms with Gasteiger partial charge in [0.1, 0.15) is 0 Å². The molecule has 3 nitrogen and oxygen atoms in total. The van der Waals surface area contributed by atoms with Crippen LogP contribution in [-0.2, 0) is 9.47 Å². The van der Waals surface area contributed by atoms with E-state index in [-0.39, 0.29) is 0 Å². The van der Waals surface area contributed by atoms with Crippen molar-refractivity contribution < 1.29 is 9.47 Å². The molecular weight excluding hydrogens is 514 g/mol. The van der Waals surface area contributed by atoms with Crippen LogP contribution in [0.1, 0.15) is 181 Å². The summed E-state index contributed by atoms with van der Waals surface area (Å²) >= 11 is 0. The average Bonchev–Trinajstić information content (AvgIpc) is 3.54. The van der Waals surface area contributed by atoms with Gasteiger partial charge in [-0.1, -0.05) is 128 Å². The van der Waals surface area contributed by atoms with Crippen molar-refractivity contribution >= 4 is 0 Å². The third kappa shape index (κ3) is 26.9. The third-order valence-corrected chi connectivity index (χ3v) is 8.88. The van der Waals surface area contributed by atoms with Crippen molar-refractivity contribution in [2.75, 3.05) is 39.5 Å². The lowest BCUT2D eigenvalue weighted by atomic mass is 10.1. The van der Waals surface area contributed by atoms with E-state index < -0.39 is 0 Å². The first-order chi connectivity index (χ1) is 20.9. The van der Waals surface area contributed by atoms with Crippen molar-refractivity contribution in [2.24, 2.45) is 0 Å². The number of nitrogens with zero attached hydrogens (tertiary/aromatic N) is 1. The molecule has 0 atom stereocenters. The SMILES string of the molecule is CCCCCC/C=C\CCCCCCCCOCC(COCCCCCCCC/C=C\CCCCCC)N1CCCC1. The van der Waals surface area contributed by atoms with Gasteiger partial charge in [-0.15, -0.1) is 0 Å². The second kappa shape index (κ2) is 33.3. The molecule has 0 saturated carbocycles. The summed E-state index contributed by atoms with van der Waals surface area (Å²) in [5, 5.41) is 0. The summed E-state index contributed by atoms with van der Waals surface area (Å²) in [6.45, 7) is 10.5. The Hall–Kier alpha value is -0.640. The maximum atomic E-state index is 6.16. The second-order valence-corrected chi connectivity index (χ2v) is 13.0. The molecule has 1 aliphatic heterocycles. The summed E-state index contributed by atoms with van der Waals surface area (Å²) in [6.07, 6.45) is 44.4. The van der Waals surface area contributed by atoms with Crippen LogP contribution in [-0.4, -0.2) is 50.5 Å². The molecule has 0 aromatic carbocycles. The van der Waals surface area contributed by atoms with Crippen LogP contribution in [0.2, 0.25) is 0 Å². The Morgan fingerprint density at radius 2 is 0.786 bits per heavy atom. The summed E-state index contributed by atoms with van der Waals surface area (Å²) in [5.41, 5.74) is 0. The lowest BCUT2D eigenvalue weighted by Crippen LogP contribution is -2.40. The summed E-state index contributed by atoms with van der Waals surface area (Å²) < 4.78 is 12.3. The fourth-order valence-electron chi connectivity index (χ4n) is 6.00. The molecule has 1 saturated heterocycles. The van der Waals surface area contributed by atoms with E-state index in [1.807, 2.05) is 0 Å². The normalized spacial score (nSPS) is 14.5. The van der Waals surface area contributed by atoms with Crippen molar-refractivity contribution in [3.63, 3.8) is 0 Å². The molecule has 1 aliphatic rings. The van der Waals surface area contributed by atoms with Gasteiger partial charge in [0.15, 0.2) is 0 Å². The molecule has 0 spiro atoms. The van der Waals surface area contributed by atoms with E-state index in [0.717, 1.165) is 26.4 Å². The Morgan fingerprint density at radius 3 is 1.17 bits per heavy atom. The van der Waals surface area contributed by atoms with E-state index in [1.165, 1.54) is 180 Å². The number of ether oxygens (including phenoxy) is 2. The van der Waals surface area contributed by atoms with E-state index in [4.69, 9.17) is 9.47 Å². The predicted molar refractivity (Wildman–Crippen MR) is 187 cm³/mol. The van der Waals surface area contributed by atoms with Gasteiger partial charge in [-0.3, -0.25) is 4.90 Å². The molecule has 0 radical (unpaired) electrons. The van der Waals surface area contributed by atoms with Gasteiger partial charge in [-0.25, -0.2) is 0 Å². The van der Waals surface area contributed by atoms with Crippen molar-refractivity contribution in [3.8, 4) is 0 Å². The number of rotatable bonds is 33. The molecule has 1 heterocycles. The van der Waals surface area contributed by atoms with Gasteiger partial charge in [0.25, 0.3) is 0 Å². The maximum absolute atomic E-state index is 6.16. The van der Waals surface area contributed by atoms with Crippen LogP contribution in [0.4, 0.5) is 0 Å². The molecule has 0 aromatic heterocycles. The van der Waals surface area contributed by atoms with Crippen molar-refractivity contribution in [1.82, 2.24) is 4.90 Å². The molecule has 0 aliphatic carbocycles. The summed E-state index contributed by atoms with van der Waals surface area (Å²) in [6, 6.07) is 0.451. The smallest absolute Gasteiger partial charge is 0.0644 e. The minimum Gasteiger partial charge on any atom is -0.380 e. The van der Waals surface area contributed by atoms with Gasteiger partial charge in [-0.05, 0) is 90.1 Å². The Morgan fingerprint density at radius 1 is 0.452 bits per heavy atom.